The zero-order chi connectivity index (χ0) is 11.7. The standard InChI is InChI=1S/C11H9ClN2O2/c1-7-2-3-9(12)10(4-7)14-6-8(5-13-14)11(15)16/h2-6H,1H3,(H,15,16). The highest BCUT2D eigenvalue weighted by Gasteiger charge is 2.09. The summed E-state index contributed by atoms with van der Waals surface area (Å²) in [4.78, 5) is 10.7. The van der Waals surface area contributed by atoms with Crippen LogP contribution in [-0.4, -0.2) is 20.9 Å². The van der Waals surface area contributed by atoms with Crippen molar-refractivity contribution in [3.63, 3.8) is 0 Å². The molecule has 2 rings (SSSR count). The maximum absolute atomic E-state index is 10.7. The van der Waals surface area contributed by atoms with Crippen LogP contribution in [0.2, 0.25) is 5.02 Å². The fourth-order valence-corrected chi connectivity index (χ4v) is 1.57. The molecule has 0 aliphatic carbocycles. The van der Waals surface area contributed by atoms with Gasteiger partial charge in [-0.3, -0.25) is 0 Å². The summed E-state index contributed by atoms with van der Waals surface area (Å²) in [6.07, 6.45) is 2.73. The lowest BCUT2D eigenvalue weighted by Gasteiger charge is -2.04. The molecule has 0 saturated carbocycles. The molecule has 0 unspecified atom stereocenters. The number of aromatic carboxylic acids is 1. The number of aryl methyl sites for hydroxylation is 1. The van der Waals surface area contributed by atoms with E-state index >= 15 is 0 Å². The SMILES string of the molecule is Cc1ccc(Cl)c(-n2cc(C(=O)O)cn2)c1. The van der Waals surface area contributed by atoms with E-state index in [-0.39, 0.29) is 5.56 Å². The number of aromatic nitrogens is 2. The normalized spacial score (nSPS) is 10.4. The van der Waals surface area contributed by atoms with Gasteiger partial charge in [0.2, 0.25) is 0 Å². The predicted octanol–water partition coefficient (Wildman–Crippen LogP) is 2.53. The second kappa shape index (κ2) is 3.98. The Bertz CT molecular complexity index is 549. The highest BCUT2D eigenvalue weighted by Crippen LogP contribution is 2.21. The van der Waals surface area contributed by atoms with Gasteiger partial charge in [0.25, 0.3) is 0 Å². The summed E-state index contributed by atoms with van der Waals surface area (Å²) in [5.74, 6) is -1.00. The fraction of sp³-hybridized carbons (Fsp3) is 0.0909. The van der Waals surface area contributed by atoms with Crippen molar-refractivity contribution in [2.24, 2.45) is 0 Å². The average Bonchev–Trinajstić information content (AvgIpc) is 2.70. The quantitative estimate of drug-likeness (QED) is 0.872. The van der Waals surface area contributed by atoms with Crippen LogP contribution >= 0.6 is 11.6 Å². The maximum atomic E-state index is 10.7. The van der Waals surface area contributed by atoms with E-state index in [1.165, 1.54) is 17.1 Å². The minimum Gasteiger partial charge on any atom is -0.478 e. The van der Waals surface area contributed by atoms with E-state index < -0.39 is 5.97 Å². The number of nitrogens with zero attached hydrogens (tertiary/aromatic N) is 2. The van der Waals surface area contributed by atoms with Gasteiger partial charge in [0, 0.05) is 6.20 Å². The lowest BCUT2D eigenvalue weighted by Crippen LogP contribution is -1.97. The smallest absolute Gasteiger partial charge is 0.338 e. The minimum absolute atomic E-state index is 0.137. The molecule has 5 heteroatoms. The fourth-order valence-electron chi connectivity index (χ4n) is 1.36. The van der Waals surface area contributed by atoms with Gasteiger partial charge in [0.1, 0.15) is 0 Å². The molecule has 0 aliphatic heterocycles. The summed E-state index contributed by atoms with van der Waals surface area (Å²) in [6, 6.07) is 5.49. The molecule has 0 aliphatic rings. The molecule has 0 atom stereocenters. The molecule has 0 amide bonds. The van der Waals surface area contributed by atoms with Crippen LogP contribution in [0.1, 0.15) is 15.9 Å². The van der Waals surface area contributed by atoms with Crippen molar-refractivity contribution in [3.05, 3.63) is 46.7 Å². The molecule has 1 N–H and O–H groups in total. The number of rotatable bonds is 2. The zero-order valence-corrected chi connectivity index (χ0v) is 9.27. The molecule has 82 valence electrons. The van der Waals surface area contributed by atoms with Gasteiger partial charge in [-0.2, -0.15) is 5.10 Å². The Morgan fingerprint density at radius 2 is 2.25 bits per heavy atom. The first-order valence-corrected chi connectivity index (χ1v) is 5.00. The first-order chi connectivity index (χ1) is 7.58. The summed E-state index contributed by atoms with van der Waals surface area (Å²) in [7, 11) is 0. The van der Waals surface area contributed by atoms with Crippen LogP contribution in [0, 0.1) is 6.92 Å². The topological polar surface area (TPSA) is 55.1 Å². The van der Waals surface area contributed by atoms with Crippen LogP contribution < -0.4 is 0 Å². The zero-order valence-electron chi connectivity index (χ0n) is 8.51. The number of carbonyl (C=O) groups is 1. The van der Waals surface area contributed by atoms with Gasteiger partial charge in [-0.25, -0.2) is 9.48 Å². The van der Waals surface area contributed by atoms with E-state index in [1.807, 2.05) is 19.1 Å². The summed E-state index contributed by atoms with van der Waals surface area (Å²) in [5, 5.41) is 13.3. The molecule has 0 spiro atoms. The largest absolute Gasteiger partial charge is 0.478 e. The van der Waals surface area contributed by atoms with E-state index in [4.69, 9.17) is 16.7 Å². The van der Waals surface area contributed by atoms with E-state index in [9.17, 15) is 4.79 Å². The minimum atomic E-state index is -1.00. The summed E-state index contributed by atoms with van der Waals surface area (Å²) < 4.78 is 1.46. The average molecular weight is 237 g/mol. The van der Waals surface area contributed by atoms with Crippen molar-refractivity contribution >= 4 is 17.6 Å². The second-order valence-electron chi connectivity index (χ2n) is 3.43. The Hall–Kier alpha value is -1.81. The van der Waals surface area contributed by atoms with Crippen LogP contribution in [-0.2, 0) is 0 Å². The number of halogens is 1. The molecule has 4 nitrogen and oxygen atoms in total. The Labute approximate surface area is 97.1 Å². The Kier molecular flexibility index (Phi) is 2.66. The van der Waals surface area contributed by atoms with Gasteiger partial charge >= 0.3 is 5.97 Å². The van der Waals surface area contributed by atoms with Gasteiger partial charge in [-0.1, -0.05) is 17.7 Å². The lowest BCUT2D eigenvalue weighted by atomic mass is 10.2. The first-order valence-electron chi connectivity index (χ1n) is 4.62. The van der Waals surface area contributed by atoms with Gasteiger partial charge in [-0.15, -0.1) is 0 Å². The van der Waals surface area contributed by atoms with Crippen molar-refractivity contribution < 1.29 is 9.90 Å². The first kappa shape index (κ1) is 10.7. The summed E-state index contributed by atoms with van der Waals surface area (Å²) in [6.45, 7) is 1.93. The highest BCUT2D eigenvalue weighted by molar-refractivity contribution is 6.32. The molecule has 0 fully saturated rings. The van der Waals surface area contributed by atoms with Crippen molar-refractivity contribution in [3.8, 4) is 5.69 Å². The van der Waals surface area contributed by atoms with Crippen molar-refractivity contribution in [2.75, 3.05) is 0 Å². The molecule has 0 saturated heterocycles. The van der Waals surface area contributed by atoms with E-state index in [0.717, 1.165) is 5.56 Å². The molecular formula is C11H9ClN2O2. The van der Waals surface area contributed by atoms with Gasteiger partial charge in [-0.05, 0) is 24.6 Å². The maximum Gasteiger partial charge on any atom is 0.338 e. The second-order valence-corrected chi connectivity index (χ2v) is 3.84. The Morgan fingerprint density at radius 1 is 1.50 bits per heavy atom. The molecule has 0 radical (unpaired) electrons. The predicted molar refractivity (Wildman–Crippen MR) is 60.3 cm³/mol. The van der Waals surface area contributed by atoms with Crippen LogP contribution in [0.5, 0.6) is 0 Å². The number of hydrogen-bond acceptors (Lipinski definition) is 2. The van der Waals surface area contributed by atoms with Crippen LogP contribution in [0.3, 0.4) is 0 Å². The molecule has 2 aromatic rings. The third-order valence-electron chi connectivity index (χ3n) is 2.18. The Balaban J connectivity index is 2.50. The Morgan fingerprint density at radius 3 is 2.88 bits per heavy atom. The molecule has 1 aromatic heterocycles. The number of carboxylic acid groups (broad SMARTS) is 1. The molecule has 0 bridgehead atoms. The van der Waals surface area contributed by atoms with E-state index in [1.54, 1.807) is 6.07 Å². The van der Waals surface area contributed by atoms with Crippen molar-refractivity contribution in [1.82, 2.24) is 9.78 Å². The van der Waals surface area contributed by atoms with Crippen molar-refractivity contribution in [2.45, 2.75) is 6.92 Å². The third-order valence-corrected chi connectivity index (χ3v) is 2.50. The molecule has 1 aromatic carbocycles. The number of hydrogen-bond donors (Lipinski definition) is 1. The van der Waals surface area contributed by atoms with Crippen molar-refractivity contribution in [1.29, 1.82) is 0 Å². The van der Waals surface area contributed by atoms with Gasteiger partial charge in [0.05, 0.1) is 22.5 Å². The molecule has 16 heavy (non-hydrogen) atoms. The van der Waals surface area contributed by atoms with Crippen LogP contribution in [0.15, 0.2) is 30.6 Å². The van der Waals surface area contributed by atoms with Crippen LogP contribution in [0.25, 0.3) is 5.69 Å². The number of benzene rings is 1. The van der Waals surface area contributed by atoms with Gasteiger partial charge < -0.3 is 5.11 Å². The number of carboxylic acids is 1. The third kappa shape index (κ3) is 1.92. The molecule has 1 heterocycles. The monoisotopic (exact) mass is 236 g/mol. The van der Waals surface area contributed by atoms with E-state index in [0.29, 0.717) is 10.7 Å². The lowest BCUT2D eigenvalue weighted by molar-refractivity contribution is 0.0697. The summed E-state index contributed by atoms with van der Waals surface area (Å²) in [5.41, 5.74) is 1.85. The molecular weight excluding hydrogens is 228 g/mol. The van der Waals surface area contributed by atoms with Crippen LogP contribution in [0.4, 0.5) is 0 Å². The van der Waals surface area contributed by atoms with Gasteiger partial charge in [0.15, 0.2) is 0 Å². The van der Waals surface area contributed by atoms with E-state index in [2.05, 4.69) is 5.10 Å². The highest BCUT2D eigenvalue weighted by atomic mass is 35.5. The summed E-state index contributed by atoms with van der Waals surface area (Å²) >= 11 is 6.01.